The Balaban J connectivity index is 0.00000110. The van der Waals surface area contributed by atoms with Crippen molar-refractivity contribution in [1.29, 1.82) is 0 Å². The van der Waals surface area contributed by atoms with Gasteiger partial charge in [0.15, 0.2) is 0 Å². The van der Waals surface area contributed by atoms with Gasteiger partial charge in [-0.3, -0.25) is 4.90 Å². The molecule has 0 unspecified atom stereocenters. The van der Waals surface area contributed by atoms with Crippen LogP contribution in [-0.4, -0.2) is 36.2 Å². The van der Waals surface area contributed by atoms with Crippen LogP contribution in [0.25, 0.3) is 0 Å². The Kier molecular flexibility index (Phi) is 7.20. The van der Waals surface area contributed by atoms with Gasteiger partial charge in [0, 0.05) is 37.8 Å². The topological polar surface area (TPSA) is 35.5 Å². The number of phenols is 1. The van der Waals surface area contributed by atoms with E-state index < -0.39 is 0 Å². The smallest absolute Gasteiger partial charge is 0.134 e. The number of rotatable bonds is 3. The van der Waals surface area contributed by atoms with Gasteiger partial charge in [0.1, 0.15) is 11.6 Å². The molecule has 1 saturated carbocycles. The van der Waals surface area contributed by atoms with Gasteiger partial charge in [0.25, 0.3) is 0 Å². The van der Waals surface area contributed by atoms with Crippen LogP contribution >= 0.6 is 40.7 Å². The SMILES string of the molecule is Cl.Cl.Oc1c(Br)cc(F)cc1[C@@H](C1CC1)N1CCNCC1. The van der Waals surface area contributed by atoms with Crippen molar-refractivity contribution in [2.45, 2.75) is 18.9 Å². The Labute approximate surface area is 145 Å². The zero-order valence-corrected chi connectivity index (χ0v) is 14.7. The first-order valence-electron chi connectivity index (χ1n) is 6.79. The maximum atomic E-state index is 13.6. The molecule has 2 fully saturated rings. The zero-order chi connectivity index (χ0) is 13.4. The highest BCUT2D eigenvalue weighted by atomic mass is 79.9. The molecule has 3 rings (SSSR count). The number of hydrogen-bond donors (Lipinski definition) is 2. The van der Waals surface area contributed by atoms with E-state index in [0.29, 0.717) is 10.4 Å². The van der Waals surface area contributed by atoms with Crippen molar-refractivity contribution < 1.29 is 9.50 Å². The Morgan fingerprint density at radius 1 is 1.24 bits per heavy atom. The van der Waals surface area contributed by atoms with Crippen LogP contribution in [0.3, 0.4) is 0 Å². The fraction of sp³-hybridized carbons (Fsp3) is 0.571. The van der Waals surface area contributed by atoms with Crippen molar-refractivity contribution >= 4 is 40.7 Å². The molecule has 120 valence electrons. The molecule has 0 bridgehead atoms. The molecule has 2 aliphatic rings. The summed E-state index contributed by atoms with van der Waals surface area (Å²) in [5.41, 5.74) is 0.733. The van der Waals surface area contributed by atoms with Crippen molar-refractivity contribution in [2.75, 3.05) is 26.2 Å². The predicted octanol–water partition coefficient (Wildman–Crippen LogP) is 3.49. The normalized spacial score (nSPS) is 20.3. The Hall–Kier alpha value is -0.0700. The molecular weight excluding hydrogens is 382 g/mol. The molecule has 1 saturated heterocycles. The van der Waals surface area contributed by atoms with Crippen molar-refractivity contribution in [3.8, 4) is 5.75 Å². The Morgan fingerprint density at radius 2 is 1.86 bits per heavy atom. The number of nitrogens with one attached hydrogen (secondary N) is 1. The zero-order valence-electron chi connectivity index (χ0n) is 11.5. The number of hydrogen-bond acceptors (Lipinski definition) is 3. The first-order valence-corrected chi connectivity index (χ1v) is 7.59. The van der Waals surface area contributed by atoms with Gasteiger partial charge in [-0.2, -0.15) is 0 Å². The minimum atomic E-state index is -0.291. The highest BCUT2D eigenvalue weighted by molar-refractivity contribution is 9.10. The summed E-state index contributed by atoms with van der Waals surface area (Å²) in [5.74, 6) is 0.454. The van der Waals surface area contributed by atoms with Gasteiger partial charge in [-0.1, -0.05) is 0 Å². The van der Waals surface area contributed by atoms with Gasteiger partial charge >= 0.3 is 0 Å². The van der Waals surface area contributed by atoms with Gasteiger partial charge in [0.05, 0.1) is 4.47 Å². The van der Waals surface area contributed by atoms with Gasteiger partial charge < -0.3 is 10.4 Å². The van der Waals surface area contributed by atoms with Crippen LogP contribution in [0.5, 0.6) is 5.75 Å². The summed E-state index contributed by atoms with van der Waals surface area (Å²) < 4.78 is 14.1. The van der Waals surface area contributed by atoms with E-state index in [9.17, 15) is 9.50 Å². The molecule has 1 aliphatic carbocycles. The molecule has 1 aliphatic heterocycles. The summed E-state index contributed by atoms with van der Waals surface area (Å²) in [5, 5.41) is 13.6. The first-order chi connectivity index (χ1) is 9.16. The summed E-state index contributed by atoms with van der Waals surface area (Å²) in [6.07, 6.45) is 2.34. The summed E-state index contributed by atoms with van der Waals surface area (Å²) in [6.45, 7) is 3.82. The minimum absolute atomic E-state index is 0. The maximum absolute atomic E-state index is 13.6. The van der Waals surface area contributed by atoms with Crippen LogP contribution in [0.4, 0.5) is 4.39 Å². The molecule has 0 spiro atoms. The van der Waals surface area contributed by atoms with Crippen molar-refractivity contribution in [2.24, 2.45) is 5.92 Å². The Morgan fingerprint density at radius 3 is 2.43 bits per heavy atom. The lowest BCUT2D eigenvalue weighted by molar-refractivity contribution is 0.153. The fourth-order valence-electron chi connectivity index (χ4n) is 2.93. The molecule has 1 aromatic carbocycles. The second-order valence-electron chi connectivity index (χ2n) is 5.39. The predicted molar refractivity (Wildman–Crippen MR) is 90.2 cm³/mol. The van der Waals surface area contributed by atoms with E-state index in [4.69, 9.17) is 0 Å². The second-order valence-corrected chi connectivity index (χ2v) is 6.25. The third kappa shape index (κ3) is 4.23. The van der Waals surface area contributed by atoms with E-state index >= 15 is 0 Å². The molecule has 7 heteroatoms. The van der Waals surface area contributed by atoms with Crippen molar-refractivity contribution in [3.05, 3.63) is 28.0 Å². The van der Waals surface area contributed by atoms with Crippen LogP contribution < -0.4 is 5.32 Å². The highest BCUT2D eigenvalue weighted by Gasteiger charge is 2.38. The number of aromatic hydroxyl groups is 1. The molecule has 21 heavy (non-hydrogen) atoms. The molecule has 1 aromatic rings. The molecule has 0 aromatic heterocycles. The van der Waals surface area contributed by atoms with Crippen LogP contribution in [-0.2, 0) is 0 Å². The highest BCUT2D eigenvalue weighted by Crippen LogP contribution is 2.48. The van der Waals surface area contributed by atoms with E-state index in [2.05, 4.69) is 26.1 Å². The fourth-order valence-corrected chi connectivity index (χ4v) is 3.38. The molecule has 1 atom stereocenters. The Bertz CT molecular complexity index is 482. The van der Waals surface area contributed by atoms with E-state index in [0.717, 1.165) is 31.7 Å². The standard InChI is InChI=1S/C14H18BrFN2O.2ClH/c15-12-8-10(16)7-11(14(12)19)13(9-1-2-9)18-5-3-17-4-6-18;;/h7-9,13,17,19H,1-6H2;2*1H/t13-;;/m1../s1. The first kappa shape index (κ1) is 19.0. The molecule has 0 amide bonds. The van der Waals surface area contributed by atoms with Gasteiger partial charge in [-0.05, 0) is 46.8 Å². The lowest BCUT2D eigenvalue weighted by Gasteiger charge is -2.35. The number of benzene rings is 1. The molecule has 1 heterocycles. The van der Waals surface area contributed by atoms with Gasteiger partial charge in [0.2, 0.25) is 0 Å². The van der Waals surface area contributed by atoms with Gasteiger partial charge in [-0.25, -0.2) is 4.39 Å². The number of halogens is 4. The van der Waals surface area contributed by atoms with Crippen LogP contribution in [0.15, 0.2) is 16.6 Å². The average Bonchev–Trinajstić information content (AvgIpc) is 3.21. The largest absolute Gasteiger partial charge is 0.506 e. The van der Waals surface area contributed by atoms with E-state index in [1.807, 2.05) is 0 Å². The quantitative estimate of drug-likeness (QED) is 0.813. The summed E-state index contributed by atoms with van der Waals surface area (Å²) in [6, 6.07) is 2.96. The molecule has 0 radical (unpaired) electrons. The lowest BCUT2D eigenvalue weighted by atomic mass is 9.98. The van der Waals surface area contributed by atoms with Crippen LogP contribution in [0, 0.1) is 11.7 Å². The second kappa shape index (κ2) is 7.97. The monoisotopic (exact) mass is 400 g/mol. The molecular formula is C14H20BrCl2FN2O. The maximum Gasteiger partial charge on any atom is 0.134 e. The van der Waals surface area contributed by atoms with E-state index in [1.54, 1.807) is 0 Å². The van der Waals surface area contributed by atoms with E-state index in [-0.39, 0.29) is 42.4 Å². The van der Waals surface area contributed by atoms with Crippen molar-refractivity contribution in [3.63, 3.8) is 0 Å². The molecule has 3 nitrogen and oxygen atoms in total. The summed E-state index contributed by atoms with van der Waals surface area (Å²) >= 11 is 3.24. The van der Waals surface area contributed by atoms with Crippen molar-refractivity contribution in [1.82, 2.24) is 10.2 Å². The third-order valence-electron chi connectivity index (χ3n) is 3.99. The number of piperazine rings is 1. The van der Waals surface area contributed by atoms with Gasteiger partial charge in [-0.15, -0.1) is 24.8 Å². The number of phenolic OH excluding ortho intramolecular Hbond substituents is 1. The van der Waals surface area contributed by atoms with Crippen LogP contribution in [0.2, 0.25) is 0 Å². The number of nitrogens with zero attached hydrogens (tertiary/aromatic N) is 1. The molecule has 2 N–H and O–H groups in total. The summed E-state index contributed by atoms with van der Waals surface area (Å²) in [7, 11) is 0. The van der Waals surface area contributed by atoms with E-state index in [1.165, 1.54) is 25.0 Å². The average molecular weight is 402 g/mol. The van der Waals surface area contributed by atoms with Crippen LogP contribution in [0.1, 0.15) is 24.4 Å². The third-order valence-corrected chi connectivity index (χ3v) is 4.59. The summed E-state index contributed by atoms with van der Waals surface area (Å²) in [4.78, 5) is 2.37. The minimum Gasteiger partial charge on any atom is -0.506 e. The lowest BCUT2D eigenvalue weighted by Crippen LogP contribution is -2.45.